The summed E-state index contributed by atoms with van der Waals surface area (Å²) in [6.07, 6.45) is 0. The largest absolute Gasteiger partial charge is 1.00 e. The predicted octanol–water partition coefficient (Wildman–Crippen LogP) is -7.02. The van der Waals surface area contributed by atoms with Crippen LogP contribution >= 0.6 is 0 Å². The van der Waals surface area contributed by atoms with E-state index in [0.29, 0.717) is 0 Å². The molecule has 56 valence electrons. The normalized spacial score (nSPS) is 7.27. The Morgan fingerprint density at radius 3 is 1.55 bits per heavy atom. The molecule has 0 spiro atoms. The van der Waals surface area contributed by atoms with Gasteiger partial charge in [0.15, 0.2) is 0 Å². The Morgan fingerprint density at radius 2 is 1.36 bits per heavy atom. The van der Waals surface area contributed by atoms with Gasteiger partial charge >= 0.3 is 115 Å². The molecule has 0 aliphatic carbocycles. The minimum absolute atomic E-state index is 0. The summed E-state index contributed by atoms with van der Waals surface area (Å²) < 4.78 is 0. The van der Waals surface area contributed by atoms with Crippen molar-refractivity contribution in [3.05, 3.63) is 0 Å². The molecule has 0 heterocycles. The first-order chi connectivity index (χ1) is 4.13. The Morgan fingerprint density at radius 1 is 1.09 bits per heavy atom. The van der Waals surface area contributed by atoms with E-state index >= 15 is 0 Å². The van der Waals surface area contributed by atoms with Crippen molar-refractivity contribution >= 4 is 11.9 Å². The van der Waals surface area contributed by atoms with Gasteiger partial charge in [-0.3, -0.25) is 14.9 Å². The number of rotatable bonds is 4. The summed E-state index contributed by atoms with van der Waals surface area (Å²) in [7, 11) is 0. The van der Waals surface area contributed by atoms with Crippen molar-refractivity contribution < 1.29 is 125 Å². The van der Waals surface area contributed by atoms with E-state index in [9.17, 15) is 9.59 Å². The topological polar surface area (TPSA) is 86.6 Å². The molecule has 0 saturated carbocycles. The van der Waals surface area contributed by atoms with E-state index in [1.165, 1.54) is 0 Å². The fourth-order valence-corrected chi connectivity index (χ4v) is 0.276. The molecule has 11 heavy (non-hydrogen) atoms. The molecule has 0 aliphatic heterocycles. The fourth-order valence-electron chi connectivity index (χ4n) is 0.276. The molecule has 3 N–H and O–H groups in total. The Labute approximate surface area is 152 Å². The van der Waals surface area contributed by atoms with Gasteiger partial charge in [0.2, 0.25) is 0 Å². The molecular formula is C4H9K2NO4. The number of aliphatic carboxylic acids is 2. The van der Waals surface area contributed by atoms with Gasteiger partial charge in [0, 0.05) is 0 Å². The number of carboxylic acid groups (broad SMARTS) is 2. The monoisotopic (exact) mass is 213 g/mol. The molecule has 0 amide bonds. The van der Waals surface area contributed by atoms with Crippen LogP contribution < -0.4 is 108 Å². The molecule has 7 heteroatoms. The molecule has 0 saturated heterocycles. The van der Waals surface area contributed by atoms with E-state index in [2.05, 4.69) is 5.32 Å². The number of hydrogen-bond donors (Lipinski definition) is 3. The fraction of sp³-hybridized carbons (Fsp3) is 0.500. The van der Waals surface area contributed by atoms with Crippen LogP contribution in [0.3, 0.4) is 0 Å². The average molecular weight is 213 g/mol. The standard InChI is InChI=1S/C4H7NO4.2K.2H/c6-3(7)1-5-2-4(8)9;;;;/h5H,1-2H2,(H,6,7)(H,8,9);;;;/q;2*+1;2*-1. The predicted molar refractivity (Wildman–Crippen MR) is 30.4 cm³/mol. The second-order valence-corrected chi connectivity index (χ2v) is 1.39. The van der Waals surface area contributed by atoms with Crippen LogP contribution in [-0.2, 0) is 9.59 Å². The first kappa shape index (κ1) is 18.9. The van der Waals surface area contributed by atoms with Gasteiger partial charge in [-0.05, 0) is 0 Å². The average Bonchev–Trinajstić information content (AvgIpc) is 1.63. The van der Waals surface area contributed by atoms with Gasteiger partial charge in [-0.15, -0.1) is 0 Å². The first-order valence-electron chi connectivity index (χ1n) is 2.27. The molecule has 5 nitrogen and oxygen atoms in total. The van der Waals surface area contributed by atoms with Crippen molar-refractivity contribution in [3.8, 4) is 0 Å². The van der Waals surface area contributed by atoms with Crippen LogP contribution in [0.15, 0.2) is 0 Å². The number of nitrogens with one attached hydrogen (secondary N) is 1. The van der Waals surface area contributed by atoms with Crippen LogP contribution in [0.4, 0.5) is 0 Å². The van der Waals surface area contributed by atoms with Gasteiger partial charge in [0.05, 0.1) is 13.1 Å². The van der Waals surface area contributed by atoms with Gasteiger partial charge < -0.3 is 13.1 Å². The van der Waals surface area contributed by atoms with Crippen LogP contribution in [0, 0.1) is 0 Å². The Balaban J connectivity index is -0.0000000533. The van der Waals surface area contributed by atoms with Gasteiger partial charge in [-0.25, -0.2) is 0 Å². The van der Waals surface area contributed by atoms with Crippen molar-refractivity contribution in [2.45, 2.75) is 0 Å². The van der Waals surface area contributed by atoms with Crippen molar-refractivity contribution in [3.63, 3.8) is 0 Å². The smallest absolute Gasteiger partial charge is 1.00 e. The molecule has 0 radical (unpaired) electrons. The van der Waals surface area contributed by atoms with E-state index in [-0.39, 0.29) is 119 Å². The molecule has 0 atom stereocenters. The zero-order valence-corrected chi connectivity index (χ0v) is 12.9. The van der Waals surface area contributed by atoms with E-state index in [1.54, 1.807) is 0 Å². The third kappa shape index (κ3) is 18.9. The maximum absolute atomic E-state index is 9.73. The molecule has 0 aromatic rings. The summed E-state index contributed by atoms with van der Waals surface area (Å²) in [4.78, 5) is 19.5. The molecule has 0 unspecified atom stereocenters. The Bertz CT molecular complexity index is 123. The molecule has 0 rings (SSSR count). The van der Waals surface area contributed by atoms with E-state index in [4.69, 9.17) is 10.2 Å². The van der Waals surface area contributed by atoms with Crippen molar-refractivity contribution in [1.29, 1.82) is 0 Å². The third-order valence-corrected chi connectivity index (χ3v) is 0.552. The SMILES string of the molecule is O=C(O)CNCC(=O)O.[H-].[H-].[K+].[K+]. The van der Waals surface area contributed by atoms with Gasteiger partial charge in [-0.1, -0.05) is 0 Å². The minimum Gasteiger partial charge on any atom is -1.00 e. The Kier molecular flexibility index (Phi) is 20.9. The van der Waals surface area contributed by atoms with Gasteiger partial charge in [0.1, 0.15) is 0 Å². The van der Waals surface area contributed by atoms with Crippen LogP contribution in [0.2, 0.25) is 0 Å². The van der Waals surface area contributed by atoms with Gasteiger partial charge in [0.25, 0.3) is 0 Å². The Hall–Kier alpha value is 2.17. The third-order valence-electron chi connectivity index (χ3n) is 0.552. The van der Waals surface area contributed by atoms with Crippen molar-refractivity contribution in [2.24, 2.45) is 0 Å². The van der Waals surface area contributed by atoms with E-state index in [1.807, 2.05) is 0 Å². The van der Waals surface area contributed by atoms with Crippen LogP contribution in [-0.4, -0.2) is 35.2 Å². The van der Waals surface area contributed by atoms with Crippen molar-refractivity contribution in [2.75, 3.05) is 13.1 Å². The summed E-state index contributed by atoms with van der Waals surface area (Å²) >= 11 is 0. The van der Waals surface area contributed by atoms with Crippen LogP contribution in [0.1, 0.15) is 2.85 Å². The van der Waals surface area contributed by atoms with Crippen LogP contribution in [0.5, 0.6) is 0 Å². The number of hydrogen-bond acceptors (Lipinski definition) is 3. The second-order valence-electron chi connectivity index (χ2n) is 1.39. The zero-order valence-electron chi connectivity index (χ0n) is 8.63. The summed E-state index contributed by atoms with van der Waals surface area (Å²) in [5.41, 5.74) is 0. The number of carbonyl (C=O) groups is 2. The number of carboxylic acids is 2. The summed E-state index contributed by atoms with van der Waals surface area (Å²) in [5, 5.41) is 18.1. The van der Waals surface area contributed by atoms with Gasteiger partial charge in [-0.2, -0.15) is 0 Å². The minimum atomic E-state index is -1.06. The van der Waals surface area contributed by atoms with Crippen molar-refractivity contribution in [1.82, 2.24) is 5.32 Å². The maximum Gasteiger partial charge on any atom is 1.00 e. The van der Waals surface area contributed by atoms with E-state index in [0.717, 1.165) is 0 Å². The van der Waals surface area contributed by atoms with E-state index < -0.39 is 11.9 Å². The quantitative estimate of drug-likeness (QED) is 0.404. The van der Waals surface area contributed by atoms with Crippen LogP contribution in [0.25, 0.3) is 0 Å². The molecule has 0 aromatic heterocycles. The first-order valence-corrected chi connectivity index (χ1v) is 2.27. The molecular weight excluding hydrogens is 204 g/mol. The molecule has 0 aromatic carbocycles. The maximum atomic E-state index is 9.73. The molecule has 0 bridgehead atoms. The summed E-state index contributed by atoms with van der Waals surface area (Å²) in [6, 6.07) is 0. The summed E-state index contributed by atoms with van der Waals surface area (Å²) in [6.45, 7) is -0.626. The molecule has 0 fully saturated rings. The summed E-state index contributed by atoms with van der Waals surface area (Å²) in [5.74, 6) is -2.12. The second kappa shape index (κ2) is 12.2. The molecule has 0 aliphatic rings. The zero-order chi connectivity index (χ0) is 7.28.